The van der Waals surface area contributed by atoms with E-state index in [1.54, 1.807) is 18.0 Å². The summed E-state index contributed by atoms with van der Waals surface area (Å²) in [6.07, 6.45) is 3.74. The van der Waals surface area contributed by atoms with Crippen LogP contribution in [0.2, 0.25) is 0 Å². The van der Waals surface area contributed by atoms with Gasteiger partial charge in [0.15, 0.2) is 11.5 Å². The van der Waals surface area contributed by atoms with Crippen LogP contribution in [-0.2, 0) is 14.3 Å². The Kier molecular flexibility index (Phi) is 6.20. The number of rotatable bonds is 8. The third-order valence-electron chi connectivity index (χ3n) is 4.96. The van der Waals surface area contributed by atoms with Gasteiger partial charge < -0.3 is 19.5 Å². The van der Waals surface area contributed by atoms with Crippen molar-refractivity contribution in [3.8, 4) is 17.0 Å². The summed E-state index contributed by atoms with van der Waals surface area (Å²) >= 11 is 0. The number of hydrogen-bond acceptors (Lipinski definition) is 7. The number of ether oxygens (including phenoxy) is 3. The van der Waals surface area contributed by atoms with Gasteiger partial charge >= 0.3 is 0 Å². The second kappa shape index (κ2) is 9.19. The number of amides is 1. The van der Waals surface area contributed by atoms with Crippen molar-refractivity contribution in [3.05, 3.63) is 42.5 Å². The molecule has 0 aliphatic carbocycles. The van der Waals surface area contributed by atoms with Crippen molar-refractivity contribution in [2.45, 2.75) is 31.9 Å². The van der Waals surface area contributed by atoms with Gasteiger partial charge in [-0.05, 0) is 44.0 Å². The van der Waals surface area contributed by atoms with Crippen molar-refractivity contribution >= 4 is 11.6 Å². The van der Waals surface area contributed by atoms with Gasteiger partial charge in [0.2, 0.25) is 5.91 Å². The van der Waals surface area contributed by atoms with Crippen molar-refractivity contribution < 1.29 is 19.0 Å². The van der Waals surface area contributed by atoms with Crippen LogP contribution in [0.5, 0.6) is 5.75 Å². The number of carbonyl (C=O) groups is 1. The lowest BCUT2D eigenvalue weighted by atomic mass is 10.1. The first-order chi connectivity index (χ1) is 14.6. The monoisotopic (exact) mass is 411 g/mol. The molecule has 1 amide bonds. The van der Waals surface area contributed by atoms with Gasteiger partial charge in [-0.3, -0.25) is 4.79 Å². The van der Waals surface area contributed by atoms with E-state index in [1.807, 2.05) is 37.3 Å². The molecule has 158 valence electrons. The molecule has 9 heteroatoms. The van der Waals surface area contributed by atoms with E-state index in [2.05, 4.69) is 20.4 Å². The molecule has 1 saturated heterocycles. The van der Waals surface area contributed by atoms with Gasteiger partial charge in [0.05, 0.1) is 31.6 Å². The highest BCUT2D eigenvalue weighted by molar-refractivity contribution is 5.77. The Balaban J connectivity index is 1.37. The first-order valence-electron chi connectivity index (χ1n) is 9.98. The largest absolute Gasteiger partial charge is 0.497 e. The Hall–Kier alpha value is -3.04. The molecular formula is C21H25N5O4. The third kappa shape index (κ3) is 4.74. The summed E-state index contributed by atoms with van der Waals surface area (Å²) in [7, 11) is 1.63. The zero-order valence-electron chi connectivity index (χ0n) is 17.1. The first kappa shape index (κ1) is 20.2. The van der Waals surface area contributed by atoms with E-state index < -0.39 is 0 Å². The van der Waals surface area contributed by atoms with Gasteiger partial charge in [-0.2, -0.15) is 0 Å². The Morgan fingerprint density at radius 1 is 1.37 bits per heavy atom. The van der Waals surface area contributed by atoms with Crippen molar-refractivity contribution in [3.63, 3.8) is 0 Å². The zero-order chi connectivity index (χ0) is 20.9. The topological polar surface area (TPSA) is 99.9 Å². The van der Waals surface area contributed by atoms with E-state index in [0.29, 0.717) is 18.1 Å². The molecule has 0 unspecified atom stereocenters. The number of nitrogens with zero attached hydrogens (tertiary/aromatic N) is 4. The van der Waals surface area contributed by atoms with Crippen LogP contribution in [0.3, 0.4) is 0 Å². The molecule has 1 N–H and O–H groups in total. The van der Waals surface area contributed by atoms with Crippen molar-refractivity contribution in [1.82, 2.24) is 24.9 Å². The quantitative estimate of drug-likeness (QED) is 0.606. The van der Waals surface area contributed by atoms with Gasteiger partial charge in [-0.1, -0.05) is 0 Å². The predicted molar refractivity (Wildman–Crippen MR) is 109 cm³/mol. The minimum absolute atomic E-state index is 0.0132. The highest BCUT2D eigenvalue weighted by Crippen LogP contribution is 2.21. The second-order valence-corrected chi connectivity index (χ2v) is 7.21. The van der Waals surface area contributed by atoms with Gasteiger partial charge in [0.1, 0.15) is 18.7 Å². The number of nitrogens with one attached hydrogen (secondary N) is 1. The molecule has 9 nitrogen and oxygen atoms in total. The summed E-state index contributed by atoms with van der Waals surface area (Å²) in [5, 5.41) is 7.28. The van der Waals surface area contributed by atoms with Crippen LogP contribution < -0.4 is 10.1 Å². The maximum absolute atomic E-state index is 12.1. The second-order valence-electron chi connectivity index (χ2n) is 7.21. The molecular weight excluding hydrogens is 386 g/mol. The van der Waals surface area contributed by atoms with Crippen LogP contribution in [0, 0.1) is 0 Å². The smallest absolute Gasteiger partial charge is 0.246 e. The van der Waals surface area contributed by atoms with Gasteiger partial charge in [-0.25, -0.2) is 14.5 Å². The fourth-order valence-electron chi connectivity index (χ4n) is 3.32. The molecule has 3 heterocycles. The number of methoxy groups -OCH3 is 1. The van der Waals surface area contributed by atoms with E-state index in [1.165, 1.54) is 0 Å². The van der Waals surface area contributed by atoms with E-state index >= 15 is 0 Å². The van der Waals surface area contributed by atoms with Gasteiger partial charge in [0, 0.05) is 18.2 Å². The molecule has 1 fully saturated rings. The highest BCUT2D eigenvalue weighted by Gasteiger charge is 2.18. The molecule has 3 aromatic rings. The molecule has 1 aliphatic rings. The Labute approximate surface area is 174 Å². The summed E-state index contributed by atoms with van der Waals surface area (Å²) in [5.74, 6) is 1.08. The maximum Gasteiger partial charge on any atom is 0.246 e. The minimum Gasteiger partial charge on any atom is -0.497 e. The number of carbonyl (C=O) groups excluding carboxylic acids is 1. The van der Waals surface area contributed by atoms with Crippen molar-refractivity contribution in [2.24, 2.45) is 0 Å². The van der Waals surface area contributed by atoms with E-state index in [9.17, 15) is 4.79 Å². The molecule has 2 aromatic heterocycles. The minimum atomic E-state index is -0.354. The lowest BCUT2D eigenvalue weighted by Gasteiger charge is -2.12. The Morgan fingerprint density at radius 2 is 2.20 bits per heavy atom. The summed E-state index contributed by atoms with van der Waals surface area (Å²) in [4.78, 5) is 21.1. The maximum atomic E-state index is 12.1. The lowest BCUT2D eigenvalue weighted by molar-refractivity contribution is -0.127. The van der Waals surface area contributed by atoms with Crippen LogP contribution >= 0.6 is 0 Å². The van der Waals surface area contributed by atoms with E-state index in [4.69, 9.17) is 14.2 Å². The molecule has 1 aromatic carbocycles. The number of benzene rings is 1. The molecule has 4 rings (SSSR count). The van der Waals surface area contributed by atoms with Gasteiger partial charge in [0.25, 0.3) is 0 Å². The summed E-state index contributed by atoms with van der Waals surface area (Å²) in [6, 6.07) is 9.15. The fourth-order valence-corrected chi connectivity index (χ4v) is 3.32. The SMILES string of the molecule is COc1ccc(-c2cc3nc([C@H](C)NC(=O)COC[C@H]4CCCO4)nn3cn2)cc1. The molecule has 1 aliphatic heterocycles. The van der Waals surface area contributed by atoms with E-state index in [0.717, 1.165) is 36.5 Å². The number of hydrogen-bond donors (Lipinski definition) is 1. The molecule has 0 radical (unpaired) electrons. The van der Waals surface area contributed by atoms with E-state index in [-0.39, 0.29) is 24.7 Å². The summed E-state index contributed by atoms with van der Waals surface area (Å²) < 4.78 is 17.7. The van der Waals surface area contributed by atoms with Crippen LogP contribution in [0.25, 0.3) is 16.9 Å². The van der Waals surface area contributed by atoms with Gasteiger partial charge in [-0.15, -0.1) is 5.10 Å². The Morgan fingerprint density at radius 3 is 2.93 bits per heavy atom. The first-order valence-corrected chi connectivity index (χ1v) is 9.98. The zero-order valence-corrected chi connectivity index (χ0v) is 17.1. The van der Waals surface area contributed by atoms with Crippen LogP contribution in [0.1, 0.15) is 31.6 Å². The van der Waals surface area contributed by atoms with Crippen molar-refractivity contribution in [2.75, 3.05) is 26.9 Å². The number of aromatic nitrogens is 4. The Bertz CT molecular complexity index is 998. The molecule has 0 saturated carbocycles. The lowest BCUT2D eigenvalue weighted by Crippen LogP contribution is -2.31. The molecule has 0 spiro atoms. The average Bonchev–Trinajstić information content (AvgIpc) is 3.43. The van der Waals surface area contributed by atoms with Crippen LogP contribution in [0.15, 0.2) is 36.7 Å². The standard InChI is InChI=1S/C21H25N5O4/c1-14(23-20(27)12-29-11-17-4-3-9-30-17)21-24-19-10-18(22-13-26(19)25-21)15-5-7-16(28-2)8-6-15/h5-8,10,13-14,17H,3-4,9,11-12H2,1-2H3,(H,23,27)/t14-,17+/m0/s1. The fraction of sp³-hybridized carbons (Fsp3) is 0.429. The summed E-state index contributed by atoms with van der Waals surface area (Å²) in [6.45, 7) is 3.03. The molecule has 30 heavy (non-hydrogen) atoms. The highest BCUT2D eigenvalue weighted by atomic mass is 16.5. The third-order valence-corrected chi connectivity index (χ3v) is 4.96. The average molecular weight is 411 g/mol. The predicted octanol–water partition coefficient (Wildman–Crippen LogP) is 2.17. The van der Waals surface area contributed by atoms with Crippen molar-refractivity contribution in [1.29, 1.82) is 0 Å². The molecule has 2 atom stereocenters. The van der Waals surface area contributed by atoms with Crippen LogP contribution in [0.4, 0.5) is 0 Å². The summed E-state index contributed by atoms with van der Waals surface area (Å²) in [5.41, 5.74) is 2.39. The number of fused-ring (bicyclic) bond motifs is 1. The van der Waals surface area contributed by atoms with Crippen LogP contribution in [-0.4, -0.2) is 58.5 Å². The molecule has 0 bridgehead atoms. The normalized spacial score (nSPS) is 17.2.